The van der Waals surface area contributed by atoms with Crippen LogP contribution in [0.5, 0.6) is 11.5 Å². The summed E-state index contributed by atoms with van der Waals surface area (Å²) in [6.07, 6.45) is 1.69. The number of anilines is 1. The minimum absolute atomic E-state index is 0.0717. The lowest BCUT2D eigenvalue weighted by Crippen LogP contribution is -2.04. The molecule has 0 aliphatic carbocycles. The molecule has 0 saturated heterocycles. The van der Waals surface area contributed by atoms with Crippen LogP contribution in [0.4, 0.5) is 11.4 Å². The third-order valence-electron chi connectivity index (χ3n) is 3.29. The maximum atomic E-state index is 10.7. The average Bonchev–Trinajstić information content (AvgIpc) is 2.60. The van der Waals surface area contributed by atoms with Crippen LogP contribution in [0.15, 0.2) is 49.1 Å². The Morgan fingerprint density at radius 1 is 1.28 bits per heavy atom. The molecule has 2 aromatic carbocycles. The third-order valence-corrected chi connectivity index (χ3v) is 4.09. The van der Waals surface area contributed by atoms with Crippen LogP contribution in [-0.2, 0) is 6.54 Å². The third kappa shape index (κ3) is 5.35. The molecule has 0 aliphatic heterocycles. The molecule has 6 nitrogen and oxygen atoms in total. The first kappa shape index (κ1) is 19.0. The summed E-state index contributed by atoms with van der Waals surface area (Å²) >= 11 is 2.21. The zero-order chi connectivity index (χ0) is 18.2. The number of benzene rings is 2. The second-order valence-corrected chi connectivity index (χ2v) is 6.26. The summed E-state index contributed by atoms with van der Waals surface area (Å²) in [6.45, 7) is 7.10. The van der Waals surface area contributed by atoms with Gasteiger partial charge in [0, 0.05) is 24.4 Å². The smallest absolute Gasteiger partial charge is 0.269 e. The Labute approximate surface area is 160 Å². The van der Waals surface area contributed by atoms with E-state index in [4.69, 9.17) is 9.47 Å². The molecule has 2 rings (SSSR count). The maximum Gasteiger partial charge on any atom is 0.269 e. The highest BCUT2D eigenvalue weighted by Crippen LogP contribution is 2.34. The lowest BCUT2D eigenvalue weighted by atomic mass is 10.2. The summed E-state index contributed by atoms with van der Waals surface area (Å²) in [7, 11) is 0. The Kier molecular flexibility index (Phi) is 7.05. The molecule has 2 aromatic rings. The summed E-state index contributed by atoms with van der Waals surface area (Å²) < 4.78 is 12.3. The molecule has 0 heterocycles. The van der Waals surface area contributed by atoms with Crippen molar-refractivity contribution in [1.82, 2.24) is 0 Å². The average molecular weight is 454 g/mol. The van der Waals surface area contributed by atoms with Gasteiger partial charge in [-0.25, -0.2) is 0 Å². The van der Waals surface area contributed by atoms with Crippen molar-refractivity contribution >= 4 is 34.0 Å². The van der Waals surface area contributed by atoms with Crippen LogP contribution in [0.3, 0.4) is 0 Å². The minimum atomic E-state index is -0.414. The zero-order valence-corrected chi connectivity index (χ0v) is 16.0. The van der Waals surface area contributed by atoms with Gasteiger partial charge < -0.3 is 14.8 Å². The first-order valence-corrected chi connectivity index (χ1v) is 8.80. The van der Waals surface area contributed by atoms with Gasteiger partial charge in [-0.3, -0.25) is 10.1 Å². The second kappa shape index (κ2) is 9.26. The van der Waals surface area contributed by atoms with Gasteiger partial charge in [-0.1, -0.05) is 12.7 Å². The molecule has 0 spiro atoms. The highest BCUT2D eigenvalue weighted by atomic mass is 127. The van der Waals surface area contributed by atoms with E-state index in [0.29, 0.717) is 31.3 Å². The van der Waals surface area contributed by atoms with Gasteiger partial charge in [0.25, 0.3) is 5.69 Å². The van der Waals surface area contributed by atoms with E-state index >= 15 is 0 Å². The topological polar surface area (TPSA) is 73.6 Å². The van der Waals surface area contributed by atoms with Gasteiger partial charge in [0.1, 0.15) is 6.61 Å². The lowest BCUT2D eigenvalue weighted by Gasteiger charge is -2.15. The van der Waals surface area contributed by atoms with Gasteiger partial charge in [-0.2, -0.15) is 0 Å². The number of non-ortho nitro benzene ring substituents is 1. The normalized spacial score (nSPS) is 10.2. The standard InChI is InChI=1S/C18H19IN2O4/c1-3-9-25-18-16(19)10-13(11-17(18)24-4-2)12-20-14-5-7-15(8-6-14)21(22)23/h3,5-8,10-11,20H,1,4,9,12H2,2H3. The van der Waals surface area contributed by atoms with Crippen LogP contribution in [0.25, 0.3) is 0 Å². The molecule has 0 amide bonds. The van der Waals surface area contributed by atoms with Crippen molar-refractivity contribution in [2.24, 2.45) is 0 Å². The van der Waals surface area contributed by atoms with Crippen LogP contribution in [-0.4, -0.2) is 18.1 Å². The van der Waals surface area contributed by atoms with Gasteiger partial charge >= 0.3 is 0 Å². The van der Waals surface area contributed by atoms with Gasteiger partial charge in [-0.15, -0.1) is 0 Å². The molecule has 132 valence electrons. The highest BCUT2D eigenvalue weighted by Gasteiger charge is 2.12. The molecule has 0 aliphatic rings. The maximum absolute atomic E-state index is 10.7. The quantitative estimate of drug-likeness (QED) is 0.256. The highest BCUT2D eigenvalue weighted by molar-refractivity contribution is 14.1. The summed E-state index contributed by atoms with van der Waals surface area (Å²) in [5, 5.41) is 13.9. The predicted octanol–water partition coefficient (Wildman–Crippen LogP) is 4.78. The van der Waals surface area contributed by atoms with Gasteiger partial charge in [-0.05, 0) is 59.3 Å². The SMILES string of the molecule is C=CCOc1c(I)cc(CNc2ccc([N+](=O)[O-])cc2)cc1OCC. The number of halogens is 1. The summed E-state index contributed by atoms with van der Waals surface area (Å²) in [5.74, 6) is 1.40. The first-order chi connectivity index (χ1) is 12.0. The Morgan fingerprint density at radius 3 is 2.60 bits per heavy atom. The fraction of sp³-hybridized carbons (Fsp3) is 0.222. The summed E-state index contributed by atoms with van der Waals surface area (Å²) in [6, 6.07) is 10.3. The largest absolute Gasteiger partial charge is 0.490 e. The molecular formula is C18H19IN2O4. The number of nitro groups is 1. The van der Waals surface area contributed by atoms with Gasteiger partial charge in [0.15, 0.2) is 11.5 Å². The van der Waals surface area contributed by atoms with Crippen molar-refractivity contribution in [1.29, 1.82) is 0 Å². The summed E-state index contributed by atoms with van der Waals surface area (Å²) in [4.78, 5) is 10.3. The van der Waals surface area contributed by atoms with Crippen LogP contribution >= 0.6 is 22.6 Å². The predicted molar refractivity (Wildman–Crippen MR) is 106 cm³/mol. The first-order valence-electron chi connectivity index (χ1n) is 7.72. The van der Waals surface area contributed by atoms with E-state index < -0.39 is 4.92 Å². The molecule has 0 atom stereocenters. The number of hydrogen-bond donors (Lipinski definition) is 1. The van der Waals surface area contributed by atoms with E-state index in [0.717, 1.165) is 14.8 Å². The molecule has 0 unspecified atom stereocenters. The monoisotopic (exact) mass is 454 g/mol. The van der Waals surface area contributed by atoms with Crippen molar-refractivity contribution in [3.05, 3.63) is 68.3 Å². The lowest BCUT2D eigenvalue weighted by molar-refractivity contribution is -0.384. The molecule has 25 heavy (non-hydrogen) atoms. The molecule has 0 aromatic heterocycles. The molecule has 0 radical (unpaired) electrons. The van der Waals surface area contributed by atoms with Gasteiger partial charge in [0.05, 0.1) is 15.1 Å². The Morgan fingerprint density at radius 2 is 2.00 bits per heavy atom. The van der Waals surface area contributed by atoms with Crippen LogP contribution < -0.4 is 14.8 Å². The van der Waals surface area contributed by atoms with E-state index in [1.807, 2.05) is 19.1 Å². The van der Waals surface area contributed by atoms with Crippen molar-refractivity contribution in [3.8, 4) is 11.5 Å². The number of hydrogen-bond acceptors (Lipinski definition) is 5. The van der Waals surface area contributed by atoms with E-state index in [1.54, 1.807) is 18.2 Å². The van der Waals surface area contributed by atoms with Crippen LogP contribution in [0.2, 0.25) is 0 Å². The van der Waals surface area contributed by atoms with E-state index in [1.165, 1.54) is 12.1 Å². The van der Waals surface area contributed by atoms with Crippen LogP contribution in [0, 0.1) is 13.7 Å². The van der Waals surface area contributed by atoms with E-state index in [2.05, 4.69) is 34.5 Å². The number of nitro benzene ring substituents is 1. The van der Waals surface area contributed by atoms with E-state index in [-0.39, 0.29) is 5.69 Å². The minimum Gasteiger partial charge on any atom is -0.490 e. The summed E-state index contributed by atoms with van der Waals surface area (Å²) in [5.41, 5.74) is 1.91. The Balaban J connectivity index is 2.13. The van der Waals surface area contributed by atoms with Gasteiger partial charge in [0.2, 0.25) is 0 Å². The fourth-order valence-corrected chi connectivity index (χ4v) is 3.00. The molecule has 0 fully saturated rings. The number of nitrogens with zero attached hydrogens (tertiary/aromatic N) is 1. The van der Waals surface area contributed by atoms with Crippen LogP contribution in [0.1, 0.15) is 12.5 Å². The van der Waals surface area contributed by atoms with Crippen molar-refractivity contribution < 1.29 is 14.4 Å². The van der Waals surface area contributed by atoms with E-state index in [9.17, 15) is 10.1 Å². The number of ether oxygens (including phenoxy) is 2. The Bertz CT molecular complexity index is 747. The van der Waals surface area contributed by atoms with Crippen molar-refractivity contribution in [2.45, 2.75) is 13.5 Å². The molecule has 7 heteroatoms. The second-order valence-electron chi connectivity index (χ2n) is 5.10. The molecule has 0 saturated carbocycles. The molecule has 1 N–H and O–H groups in total. The number of rotatable bonds is 9. The molecule has 0 bridgehead atoms. The van der Waals surface area contributed by atoms with Crippen molar-refractivity contribution in [3.63, 3.8) is 0 Å². The number of nitrogens with one attached hydrogen (secondary N) is 1. The molecular weight excluding hydrogens is 435 g/mol. The fourth-order valence-electron chi connectivity index (χ4n) is 2.17. The van der Waals surface area contributed by atoms with Crippen molar-refractivity contribution in [2.75, 3.05) is 18.5 Å². The zero-order valence-electron chi connectivity index (χ0n) is 13.8. The Hall–Kier alpha value is -2.29.